The van der Waals surface area contributed by atoms with Gasteiger partial charge in [0.05, 0.1) is 17.9 Å². The molecule has 0 aliphatic heterocycles. The Bertz CT molecular complexity index is 455. The number of esters is 1. The van der Waals surface area contributed by atoms with Crippen molar-refractivity contribution in [2.75, 3.05) is 0 Å². The van der Waals surface area contributed by atoms with Crippen LogP contribution in [-0.2, 0) is 16.0 Å². The third kappa shape index (κ3) is 5.48. The van der Waals surface area contributed by atoms with E-state index in [0.29, 0.717) is 5.84 Å². The quantitative estimate of drug-likeness (QED) is 0.508. The molecule has 0 saturated carbocycles. The maximum Gasteiger partial charge on any atom is 0.310 e. The van der Waals surface area contributed by atoms with Gasteiger partial charge in [0.2, 0.25) is 0 Å². The monoisotopic (exact) mass is 248 g/mol. The predicted molar refractivity (Wildman–Crippen MR) is 72.9 cm³/mol. The normalized spacial score (nSPS) is 12.3. The van der Waals surface area contributed by atoms with E-state index in [2.05, 4.69) is 4.99 Å². The van der Waals surface area contributed by atoms with Crippen LogP contribution in [0.5, 0.6) is 0 Å². The fraction of sp³-hybridized carbons (Fsp3) is 0.429. The highest BCUT2D eigenvalue weighted by Crippen LogP contribution is 2.16. The molecule has 0 atom stereocenters. The number of benzene rings is 1. The fourth-order valence-electron chi connectivity index (χ4n) is 1.48. The van der Waals surface area contributed by atoms with Gasteiger partial charge in [-0.15, -0.1) is 0 Å². The number of amidine groups is 1. The molecule has 98 valence electrons. The molecule has 4 nitrogen and oxygen atoms in total. The van der Waals surface area contributed by atoms with E-state index in [1.54, 1.807) is 6.92 Å². The molecule has 18 heavy (non-hydrogen) atoms. The SMILES string of the molecule is CC(N)=Nc1cccc(CC(=O)OC(C)(C)C)c1. The smallest absolute Gasteiger partial charge is 0.310 e. The van der Waals surface area contributed by atoms with Crippen LogP contribution in [0.1, 0.15) is 33.3 Å². The number of nitrogens with two attached hydrogens (primary N) is 1. The van der Waals surface area contributed by atoms with E-state index in [0.717, 1.165) is 11.3 Å². The Morgan fingerprint density at radius 2 is 2.06 bits per heavy atom. The second-order valence-corrected chi connectivity index (χ2v) is 5.19. The Labute approximate surface area is 108 Å². The van der Waals surface area contributed by atoms with Crippen molar-refractivity contribution < 1.29 is 9.53 Å². The van der Waals surface area contributed by atoms with E-state index in [4.69, 9.17) is 10.5 Å². The number of rotatable bonds is 3. The van der Waals surface area contributed by atoms with Crippen molar-refractivity contribution in [3.8, 4) is 0 Å². The van der Waals surface area contributed by atoms with Gasteiger partial charge in [-0.05, 0) is 45.4 Å². The van der Waals surface area contributed by atoms with Crippen molar-refractivity contribution in [1.82, 2.24) is 0 Å². The molecule has 0 unspecified atom stereocenters. The summed E-state index contributed by atoms with van der Waals surface area (Å²) >= 11 is 0. The molecule has 0 aliphatic carbocycles. The summed E-state index contributed by atoms with van der Waals surface area (Å²) in [5.41, 5.74) is 6.67. The number of ether oxygens (including phenoxy) is 1. The van der Waals surface area contributed by atoms with Crippen LogP contribution < -0.4 is 5.73 Å². The summed E-state index contributed by atoms with van der Waals surface area (Å²) in [6.45, 7) is 7.27. The standard InChI is InChI=1S/C14H20N2O2/c1-10(15)16-12-7-5-6-11(8-12)9-13(17)18-14(2,3)4/h5-8H,9H2,1-4H3,(H2,15,16). The van der Waals surface area contributed by atoms with Crippen LogP contribution in [0.3, 0.4) is 0 Å². The first-order chi connectivity index (χ1) is 8.26. The topological polar surface area (TPSA) is 64.7 Å². The van der Waals surface area contributed by atoms with Gasteiger partial charge in [0.1, 0.15) is 5.60 Å². The fourth-order valence-corrected chi connectivity index (χ4v) is 1.48. The summed E-state index contributed by atoms with van der Waals surface area (Å²) in [5, 5.41) is 0. The molecule has 0 radical (unpaired) electrons. The summed E-state index contributed by atoms with van der Waals surface area (Å²) < 4.78 is 5.26. The van der Waals surface area contributed by atoms with E-state index < -0.39 is 5.60 Å². The predicted octanol–water partition coefficient (Wildman–Crippen LogP) is 2.58. The van der Waals surface area contributed by atoms with E-state index in [1.807, 2.05) is 45.0 Å². The number of hydrogen-bond acceptors (Lipinski definition) is 3. The van der Waals surface area contributed by atoms with Crippen LogP contribution in [0.25, 0.3) is 0 Å². The van der Waals surface area contributed by atoms with Crippen LogP contribution in [-0.4, -0.2) is 17.4 Å². The molecule has 0 heterocycles. The lowest BCUT2D eigenvalue weighted by molar-refractivity contribution is -0.153. The largest absolute Gasteiger partial charge is 0.460 e. The minimum atomic E-state index is -0.458. The van der Waals surface area contributed by atoms with Crippen molar-refractivity contribution in [3.05, 3.63) is 29.8 Å². The van der Waals surface area contributed by atoms with E-state index in [-0.39, 0.29) is 12.4 Å². The van der Waals surface area contributed by atoms with Crippen molar-refractivity contribution in [1.29, 1.82) is 0 Å². The highest BCUT2D eigenvalue weighted by Gasteiger charge is 2.16. The summed E-state index contributed by atoms with van der Waals surface area (Å²) in [6.07, 6.45) is 0.240. The van der Waals surface area contributed by atoms with Gasteiger partial charge in [0.25, 0.3) is 0 Å². The van der Waals surface area contributed by atoms with Gasteiger partial charge in [0.15, 0.2) is 0 Å². The molecule has 0 bridgehead atoms. The molecule has 0 saturated heterocycles. The van der Waals surface area contributed by atoms with Crippen molar-refractivity contribution in [2.24, 2.45) is 10.7 Å². The number of hydrogen-bond donors (Lipinski definition) is 1. The van der Waals surface area contributed by atoms with Gasteiger partial charge in [-0.1, -0.05) is 12.1 Å². The molecule has 0 aliphatic rings. The Morgan fingerprint density at radius 1 is 1.39 bits per heavy atom. The van der Waals surface area contributed by atoms with Crippen LogP contribution in [0.4, 0.5) is 5.69 Å². The zero-order chi connectivity index (χ0) is 13.8. The zero-order valence-corrected chi connectivity index (χ0v) is 11.4. The highest BCUT2D eigenvalue weighted by atomic mass is 16.6. The molecule has 0 spiro atoms. The average Bonchev–Trinajstić information content (AvgIpc) is 2.13. The van der Waals surface area contributed by atoms with E-state index >= 15 is 0 Å². The second kappa shape index (κ2) is 5.67. The molecule has 1 rings (SSSR count). The highest BCUT2D eigenvalue weighted by molar-refractivity contribution is 5.80. The van der Waals surface area contributed by atoms with Crippen LogP contribution in [0.2, 0.25) is 0 Å². The van der Waals surface area contributed by atoms with Gasteiger partial charge >= 0.3 is 5.97 Å². The van der Waals surface area contributed by atoms with Gasteiger partial charge in [0, 0.05) is 0 Å². The summed E-state index contributed by atoms with van der Waals surface area (Å²) in [6, 6.07) is 7.39. The first-order valence-corrected chi connectivity index (χ1v) is 5.88. The second-order valence-electron chi connectivity index (χ2n) is 5.19. The number of nitrogens with zero attached hydrogens (tertiary/aromatic N) is 1. The Morgan fingerprint density at radius 3 is 2.61 bits per heavy atom. The van der Waals surface area contributed by atoms with Crippen LogP contribution in [0.15, 0.2) is 29.3 Å². The van der Waals surface area contributed by atoms with E-state index in [9.17, 15) is 4.79 Å². The Kier molecular flexibility index (Phi) is 4.48. The average molecular weight is 248 g/mol. The summed E-state index contributed by atoms with van der Waals surface area (Å²) in [4.78, 5) is 15.8. The molecular formula is C14H20N2O2. The molecule has 4 heteroatoms. The first kappa shape index (κ1) is 14.2. The molecular weight excluding hydrogens is 228 g/mol. The van der Waals surface area contributed by atoms with Crippen molar-refractivity contribution in [3.63, 3.8) is 0 Å². The summed E-state index contributed by atoms with van der Waals surface area (Å²) in [7, 11) is 0. The van der Waals surface area contributed by atoms with E-state index in [1.165, 1.54) is 0 Å². The number of carbonyl (C=O) groups excluding carboxylic acids is 1. The lowest BCUT2D eigenvalue weighted by Crippen LogP contribution is -2.24. The van der Waals surface area contributed by atoms with Gasteiger partial charge in [-0.2, -0.15) is 0 Å². The number of aliphatic imine (C=N–C) groups is 1. The third-order valence-electron chi connectivity index (χ3n) is 1.98. The number of carbonyl (C=O) groups is 1. The van der Waals surface area contributed by atoms with Crippen molar-refractivity contribution in [2.45, 2.75) is 39.7 Å². The third-order valence-corrected chi connectivity index (χ3v) is 1.98. The molecule has 1 aromatic rings. The van der Waals surface area contributed by atoms with Gasteiger partial charge in [-0.3, -0.25) is 4.79 Å². The Balaban J connectivity index is 2.74. The van der Waals surface area contributed by atoms with Crippen molar-refractivity contribution >= 4 is 17.5 Å². The van der Waals surface area contributed by atoms with Crippen LogP contribution in [0, 0.1) is 0 Å². The zero-order valence-electron chi connectivity index (χ0n) is 11.4. The maximum atomic E-state index is 11.7. The maximum absolute atomic E-state index is 11.7. The minimum Gasteiger partial charge on any atom is -0.460 e. The molecule has 0 fully saturated rings. The van der Waals surface area contributed by atoms with Gasteiger partial charge in [-0.25, -0.2) is 4.99 Å². The summed E-state index contributed by atoms with van der Waals surface area (Å²) in [5.74, 6) is 0.248. The molecule has 2 N–H and O–H groups in total. The molecule has 1 aromatic carbocycles. The molecule has 0 aromatic heterocycles. The molecule has 0 amide bonds. The lowest BCUT2D eigenvalue weighted by Gasteiger charge is -2.19. The lowest BCUT2D eigenvalue weighted by atomic mass is 10.1. The van der Waals surface area contributed by atoms with Crippen LogP contribution >= 0.6 is 0 Å². The minimum absolute atomic E-state index is 0.240. The first-order valence-electron chi connectivity index (χ1n) is 5.88. The Hall–Kier alpha value is -1.84. The van der Waals surface area contributed by atoms with Gasteiger partial charge < -0.3 is 10.5 Å².